The van der Waals surface area contributed by atoms with Crippen LogP contribution in [0, 0.1) is 18.8 Å². The van der Waals surface area contributed by atoms with Crippen LogP contribution in [0.2, 0.25) is 0 Å². The van der Waals surface area contributed by atoms with Crippen LogP contribution in [0.1, 0.15) is 57.6 Å². The number of hydrogen-bond donors (Lipinski definition) is 0. The molecule has 3 aromatic rings. The Kier molecular flexibility index (Phi) is 10.1. The first-order valence-electron chi connectivity index (χ1n) is 14.5. The normalized spacial score (nSPS) is 17.2. The Morgan fingerprint density at radius 1 is 1.05 bits per heavy atom. The summed E-state index contributed by atoms with van der Waals surface area (Å²) < 4.78 is 22.8. The first kappa shape index (κ1) is 30.2. The van der Waals surface area contributed by atoms with Gasteiger partial charge < -0.3 is 23.5 Å². The minimum Gasteiger partial charge on any atom is -0.493 e. The summed E-state index contributed by atoms with van der Waals surface area (Å²) in [5, 5.41) is 0. The molecule has 1 aliphatic heterocycles. The summed E-state index contributed by atoms with van der Waals surface area (Å²) >= 11 is 0. The maximum atomic E-state index is 12.7. The highest BCUT2D eigenvalue weighted by atomic mass is 16.6. The fourth-order valence-corrected chi connectivity index (χ4v) is 5.11. The van der Waals surface area contributed by atoms with Gasteiger partial charge in [0, 0.05) is 25.1 Å². The van der Waals surface area contributed by atoms with Crippen molar-refractivity contribution in [1.82, 2.24) is 9.88 Å². The highest BCUT2D eigenvalue weighted by Crippen LogP contribution is 2.30. The van der Waals surface area contributed by atoms with Crippen LogP contribution in [0.15, 0.2) is 59.0 Å². The van der Waals surface area contributed by atoms with Crippen molar-refractivity contribution in [3.63, 3.8) is 0 Å². The molecule has 1 saturated heterocycles. The van der Waals surface area contributed by atoms with E-state index in [0.717, 1.165) is 41.2 Å². The SMILES string of the molecule is CCOC(=O)[C@H]1CCN(C(=O)OC(C)(C)C)CC1CCc1ccc(OCCc2nc(-c3ccccc3)oc2C)cc1. The zero-order valence-electron chi connectivity index (χ0n) is 24.9. The number of carbonyl (C=O) groups excluding carboxylic acids is 2. The molecule has 1 unspecified atom stereocenters. The molecule has 2 atom stereocenters. The Hall–Kier alpha value is -3.81. The second kappa shape index (κ2) is 13.7. The molecule has 0 radical (unpaired) electrons. The number of oxazole rings is 1. The number of amides is 1. The summed E-state index contributed by atoms with van der Waals surface area (Å²) in [5.41, 5.74) is 2.43. The highest BCUT2D eigenvalue weighted by Gasteiger charge is 2.37. The van der Waals surface area contributed by atoms with E-state index in [2.05, 4.69) is 17.1 Å². The fourth-order valence-electron chi connectivity index (χ4n) is 5.11. The van der Waals surface area contributed by atoms with Crippen LogP contribution >= 0.6 is 0 Å². The number of likely N-dealkylation sites (tertiary alicyclic amines) is 1. The summed E-state index contributed by atoms with van der Waals surface area (Å²) in [5.74, 6) is 1.81. The van der Waals surface area contributed by atoms with Crippen LogP contribution in [0.4, 0.5) is 4.79 Å². The van der Waals surface area contributed by atoms with Gasteiger partial charge in [0.05, 0.1) is 24.8 Å². The van der Waals surface area contributed by atoms with E-state index in [1.54, 1.807) is 4.90 Å². The van der Waals surface area contributed by atoms with Crippen LogP contribution in [-0.4, -0.2) is 53.9 Å². The van der Waals surface area contributed by atoms with Gasteiger partial charge in [0.2, 0.25) is 5.89 Å². The third-order valence-corrected chi connectivity index (χ3v) is 7.22. The topological polar surface area (TPSA) is 91.1 Å². The van der Waals surface area contributed by atoms with E-state index in [-0.39, 0.29) is 23.9 Å². The number of hydrogen-bond acceptors (Lipinski definition) is 7. The number of aromatic nitrogens is 1. The molecule has 0 N–H and O–H groups in total. The Morgan fingerprint density at radius 3 is 2.46 bits per heavy atom. The lowest BCUT2D eigenvalue weighted by molar-refractivity contribution is -0.152. The monoisotopic (exact) mass is 562 g/mol. The zero-order valence-corrected chi connectivity index (χ0v) is 24.9. The van der Waals surface area contributed by atoms with Gasteiger partial charge in [-0.15, -0.1) is 0 Å². The second-order valence-corrected chi connectivity index (χ2v) is 11.5. The number of esters is 1. The van der Waals surface area contributed by atoms with Gasteiger partial charge in [0.1, 0.15) is 17.1 Å². The van der Waals surface area contributed by atoms with Gasteiger partial charge in [0.25, 0.3) is 0 Å². The smallest absolute Gasteiger partial charge is 0.410 e. The molecule has 41 heavy (non-hydrogen) atoms. The summed E-state index contributed by atoms with van der Waals surface area (Å²) in [7, 11) is 0. The predicted molar refractivity (Wildman–Crippen MR) is 157 cm³/mol. The molecule has 0 bridgehead atoms. The van der Waals surface area contributed by atoms with Crippen molar-refractivity contribution in [2.24, 2.45) is 11.8 Å². The molecule has 0 spiro atoms. The molecule has 8 heteroatoms. The molecule has 4 rings (SSSR count). The molecule has 1 amide bonds. The zero-order chi connectivity index (χ0) is 29.4. The molecule has 220 valence electrons. The van der Waals surface area contributed by atoms with Crippen molar-refractivity contribution in [2.75, 3.05) is 26.3 Å². The van der Waals surface area contributed by atoms with Gasteiger partial charge in [-0.2, -0.15) is 0 Å². The molecule has 1 aliphatic rings. The maximum Gasteiger partial charge on any atom is 0.410 e. The molecular weight excluding hydrogens is 520 g/mol. The van der Waals surface area contributed by atoms with Crippen LogP contribution in [0.25, 0.3) is 11.5 Å². The lowest BCUT2D eigenvalue weighted by Crippen LogP contribution is -2.48. The molecule has 8 nitrogen and oxygen atoms in total. The van der Waals surface area contributed by atoms with Gasteiger partial charge in [-0.25, -0.2) is 9.78 Å². The van der Waals surface area contributed by atoms with E-state index in [9.17, 15) is 9.59 Å². The van der Waals surface area contributed by atoms with E-state index < -0.39 is 5.60 Å². The number of nitrogens with zero attached hydrogens (tertiary/aromatic N) is 2. The van der Waals surface area contributed by atoms with Gasteiger partial charge >= 0.3 is 12.1 Å². The first-order valence-corrected chi connectivity index (χ1v) is 14.5. The predicted octanol–water partition coefficient (Wildman–Crippen LogP) is 6.64. The van der Waals surface area contributed by atoms with E-state index in [1.165, 1.54) is 0 Å². The van der Waals surface area contributed by atoms with Crippen LogP contribution in [0.3, 0.4) is 0 Å². The number of benzene rings is 2. The summed E-state index contributed by atoms with van der Waals surface area (Å²) in [4.78, 5) is 31.8. The molecule has 0 saturated carbocycles. The fraction of sp³-hybridized carbons (Fsp3) is 0.485. The van der Waals surface area contributed by atoms with E-state index in [1.807, 2.05) is 77.1 Å². The Balaban J connectivity index is 1.30. The van der Waals surface area contributed by atoms with Crippen LogP contribution in [0.5, 0.6) is 5.75 Å². The first-order chi connectivity index (χ1) is 19.6. The third kappa shape index (κ3) is 8.59. The van der Waals surface area contributed by atoms with Gasteiger partial charge in [-0.05, 0) is 89.6 Å². The van der Waals surface area contributed by atoms with Gasteiger partial charge in [0.15, 0.2) is 0 Å². The minimum atomic E-state index is -0.562. The van der Waals surface area contributed by atoms with E-state index in [0.29, 0.717) is 45.0 Å². The summed E-state index contributed by atoms with van der Waals surface area (Å²) in [6, 6.07) is 17.9. The lowest BCUT2D eigenvalue weighted by Gasteiger charge is -2.38. The maximum absolute atomic E-state index is 12.7. The van der Waals surface area contributed by atoms with Gasteiger partial charge in [-0.1, -0.05) is 30.3 Å². The summed E-state index contributed by atoms with van der Waals surface area (Å²) in [6.45, 7) is 11.1. The number of aryl methyl sites for hydroxylation is 2. The average Bonchev–Trinajstić information content (AvgIpc) is 3.32. The Labute approximate surface area is 243 Å². The van der Waals surface area contributed by atoms with Crippen molar-refractivity contribution in [3.8, 4) is 17.2 Å². The van der Waals surface area contributed by atoms with Crippen LogP contribution in [-0.2, 0) is 27.1 Å². The Morgan fingerprint density at radius 2 is 1.78 bits per heavy atom. The minimum absolute atomic E-state index is 0.00211. The van der Waals surface area contributed by atoms with Crippen molar-refractivity contribution in [3.05, 3.63) is 71.6 Å². The Bertz CT molecular complexity index is 1280. The number of rotatable bonds is 10. The van der Waals surface area contributed by atoms with E-state index in [4.69, 9.17) is 18.6 Å². The largest absolute Gasteiger partial charge is 0.493 e. The number of ether oxygens (including phenoxy) is 3. The lowest BCUT2D eigenvalue weighted by atomic mass is 9.82. The van der Waals surface area contributed by atoms with Crippen molar-refractivity contribution < 1.29 is 28.2 Å². The quantitative estimate of drug-likeness (QED) is 0.256. The van der Waals surface area contributed by atoms with E-state index >= 15 is 0 Å². The van der Waals surface area contributed by atoms with Crippen LogP contribution < -0.4 is 4.74 Å². The second-order valence-electron chi connectivity index (χ2n) is 11.5. The number of piperidine rings is 1. The molecule has 2 aromatic carbocycles. The molecule has 1 aromatic heterocycles. The van der Waals surface area contributed by atoms with Crippen molar-refractivity contribution >= 4 is 12.1 Å². The molecule has 1 fully saturated rings. The van der Waals surface area contributed by atoms with Crippen molar-refractivity contribution in [2.45, 2.75) is 65.9 Å². The average molecular weight is 563 g/mol. The molecule has 0 aliphatic carbocycles. The summed E-state index contributed by atoms with van der Waals surface area (Å²) in [6.07, 6.45) is 2.44. The standard InChI is InChI=1S/C33H42N2O6/c1-6-38-31(36)28-18-20-35(32(37)41-33(3,4)5)22-26(28)15-12-24-13-16-27(17-14-24)39-21-19-29-23(2)40-30(34-29)25-10-8-7-9-11-25/h7-11,13-14,16-17,26,28H,6,12,15,18-22H2,1-5H3/t26?,28-/m0/s1. The van der Waals surface area contributed by atoms with Crippen molar-refractivity contribution in [1.29, 1.82) is 0 Å². The number of carbonyl (C=O) groups is 2. The molecule has 2 heterocycles. The highest BCUT2D eigenvalue weighted by molar-refractivity contribution is 5.74. The van der Waals surface area contributed by atoms with Gasteiger partial charge in [-0.3, -0.25) is 4.79 Å². The molecular formula is C33H42N2O6. The third-order valence-electron chi connectivity index (χ3n) is 7.22.